The van der Waals surface area contributed by atoms with Gasteiger partial charge < -0.3 is 15.4 Å². The summed E-state index contributed by atoms with van der Waals surface area (Å²) in [5.41, 5.74) is 2.38. The van der Waals surface area contributed by atoms with Gasteiger partial charge in [-0.3, -0.25) is 4.79 Å². The minimum atomic E-state index is -4.05. The van der Waals surface area contributed by atoms with Gasteiger partial charge in [0.1, 0.15) is 5.75 Å². The zero-order chi connectivity index (χ0) is 27.3. The number of nitrogens with zero attached hydrogens (tertiary/aromatic N) is 2. The monoisotopic (exact) mass is 590 g/mol. The third kappa shape index (κ3) is 6.46. The van der Waals surface area contributed by atoms with Crippen molar-refractivity contribution < 1.29 is 17.9 Å². The molecule has 2 N–H and O–H groups in total. The van der Waals surface area contributed by atoms with Crippen LogP contribution in [-0.2, 0) is 21.4 Å². The van der Waals surface area contributed by atoms with Crippen LogP contribution in [0.3, 0.4) is 0 Å². The van der Waals surface area contributed by atoms with Crippen LogP contribution in [-0.4, -0.2) is 44.3 Å². The lowest BCUT2D eigenvalue weighted by Crippen LogP contribution is -2.37. The summed E-state index contributed by atoms with van der Waals surface area (Å²) in [6.45, 7) is -0.604. The lowest BCUT2D eigenvalue weighted by atomic mass is 10.1. The van der Waals surface area contributed by atoms with Gasteiger partial charge in [-0.1, -0.05) is 47.5 Å². The van der Waals surface area contributed by atoms with Crippen LogP contribution < -0.4 is 15.4 Å². The minimum absolute atomic E-state index is 0.0568. The zero-order valence-corrected chi connectivity index (χ0v) is 23.6. The molecule has 1 amide bonds. The average Bonchev–Trinajstić information content (AvgIpc) is 3.39. The first kappa shape index (κ1) is 27.9. The number of aromatic nitrogens is 1. The maximum absolute atomic E-state index is 13.5. The molecule has 1 aromatic heterocycles. The molecule has 12 heteroatoms. The van der Waals surface area contributed by atoms with E-state index in [1.54, 1.807) is 49.5 Å². The van der Waals surface area contributed by atoms with Crippen molar-refractivity contribution in [1.82, 2.24) is 9.29 Å². The van der Waals surface area contributed by atoms with Crippen LogP contribution in [0.15, 0.2) is 77.0 Å². The van der Waals surface area contributed by atoms with Crippen molar-refractivity contribution in [2.75, 3.05) is 31.3 Å². The Hall–Kier alpha value is -3.15. The number of hydrogen-bond donors (Lipinski definition) is 2. The Kier molecular flexibility index (Phi) is 8.91. The molecule has 0 aliphatic heterocycles. The fourth-order valence-corrected chi connectivity index (χ4v) is 6.19. The predicted octanol–water partition coefficient (Wildman–Crippen LogP) is 6.00. The van der Waals surface area contributed by atoms with Gasteiger partial charge in [0.05, 0.1) is 29.9 Å². The zero-order valence-electron chi connectivity index (χ0n) is 20.4. The lowest BCUT2D eigenvalue weighted by Gasteiger charge is -2.23. The van der Waals surface area contributed by atoms with E-state index in [-0.39, 0.29) is 11.4 Å². The first-order valence-electron chi connectivity index (χ1n) is 11.3. The fraction of sp³-hybridized carbons (Fsp3) is 0.154. The van der Waals surface area contributed by atoms with E-state index in [1.165, 1.54) is 36.6 Å². The highest BCUT2D eigenvalue weighted by molar-refractivity contribution is 7.89. The van der Waals surface area contributed by atoms with Gasteiger partial charge >= 0.3 is 0 Å². The van der Waals surface area contributed by atoms with Crippen molar-refractivity contribution in [3.63, 3.8) is 0 Å². The van der Waals surface area contributed by atoms with Gasteiger partial charge in [-0.2, -0.15) is 4.31 Å². The molecule has 0 bridgehead atoms. The number of thiazole rings is 1. The molecule has 1 heterocycles. The Balaban J connectivity index is 1.63. The quantitative estimate of drug-likeness (QED) is 0.235. The molecule has 0 aliphatic rings. The Bertz CT molecular complexity index is 1550. The number of halogens is 2. The number of amides is 1. The van der Waals surface area contributed by atoms with Gasteiger partial charge in [0.15, 0.2) is 5.13 Å². The van der Waals surface area contributed by atoms with Crippen LogP contribution in [0.25, 0.3) is 11.3 Å². The molecule has 3 aromatic carbocycles. The largest absolute Gasteiger partial charge is 0.495 e. The van der Waals surface area contributed by atoms with Crippen molar-refractivity contribution >= 4 is 61.3 Å². The standard InChI is InChI=1S/C26H24Cl2N4O4S2/c1-29-26-31-23(16-37-26)17-9-11-24(36-2)22(12-17)30-25(33)15-32(14-18-8-10-19(27)13-21(18)28)38(34,35)20-6-4-3-5-7-20/h3-13,16H,14-15H2,1-2H3,(H,29,31)(H,30,33). The third-order valence-corrected chi connectivity index (χ3v) is 8.80. The van der Waals surface area contributed by atoms with Gasteiger partial charge in [-0.05, 0) is 48.0 Å². The summed E-state index contributed by atoms with van der Waals surface area (Å²) in [5.74, 6) is -0.136. The van der Waals surface area contributed by atoms with Crippen LogP contribution >= 0.6 is 34.5 Å². The van der Waals surface area contributed by atoms with Crippen molar-refractivity contribution in [1.29, 1.82) is 0 Å². The Morgan fingerprint density at radius 1 is 1.08 bits per heavy atom. The summed E-state index contributed by atoms with van der Waals surface area (Å²) < 4.78 is 33.6. The molecule has 4 aromatic rings. The van der Waals surface area contributed by atoms with Crippen LogP contribution in [0.4, 0.5) is 10.8 Å². The fourth-order valence-electron chi connectivity index (χ4n) is 3.64. The molecule has 8 nitrogen and oxygen atoms in total. The lowest BCUT2D eigenvalue weighted by molar-refractivity contribution is -0.116. The molecule has 38 heavy (non-hydrogen) atoms. The van der Waals surface area contributed by atoms with Gasteiger partial charge in [0, 0.05) is 34.6 Å². The van der Waals surface area contributed by atoms with E-state index >= 15 is 0 Å². The molecule has 0 unspecified atom stereocenters. The number of anilines is 2. The first-order chi connectivity index (χ1) is 18.2. The normalized spacial score (nSPS) is 11.4. The van der Waals surface area contributed by atoms with Gasteiger partial charge in [0.25, 0.3) is 0 Å². The summed E-state index contributed by atoms with van der Waals surface area (Å²) in [4.78, 5) is 17.8. The van der Waals surface area contributed by atoms with E-state index < -0.39 is 22.5 Å². The molecule has 4 rings (SSSR count). The van der Waals surface area contributed by atoms with E-state index in [0.717, 1.165) is 20.7 Å². The first-order valence-corrected chi connectivity index (χ1v) is 14.4. The van der Waals surface area contributed by atoms with Crippen molar-refractivity contribution in [3.8, 4) is 17.0 Å². The van der Waals surface area contributed by atoms with Crippen LogP contribution in [0.1, 0.15) is 5.56 Å². The van der Waals surface area contributed by atoms with Crippen molar-refractivity contribution in [2.45, 2.75) is 11.4 Å². The maximum atomic E-state index is 13.5. The number of hydrogen-bond acceptors (Lipinski definition) is 7. The number of sulfonamides is 1. The average molecular weight is 592 g/mol. The molecular formula is C26H24Cl2N4O4S2. The topological polar surface area (TPSA) is 101 Å². The van der Waals surface area contributed by atoms with E-state index in [0.29, 0.717) is 27.0 Å². The Morgan fingerprint density at radius 3 is 2.50 bits per heavy atom. The number of carbonyl (C=O) groups is 1. The predicted molar refractivity (Wildman–Crippen MR) is 153 cm³/mol. The molecule has 0 fully saturated rings. The van der Waals surface area contributed by atoms with Crippen molar-refractivity contribution in [3.05, 3.63) is 87.7 Å². The Morgan fingerprint density at radius 2 is 1.84 bits per heavy atom. The highest BCUT2D eigenvalue weighted by atomic mass is 35.5. The highest BCUT2D eigenvalue weighted by Crippen LogP contribution is 2.32. The number of carbonyl (C=O) groups excluding carboxylic acids is 1. The van der Waals surface area contributed by atoms with Crippen LogP contribution in [0.2, 0.25) is 10.0 Å². The number of nitrogens with one attached hydrogen (secondary N) is 2. The minimum Gasteiger partial charge on any atom is -0.495 e. The molecule has 0 atom stereocenters. The van der Waals surface area contributed by atoms with Crippen molar-refractivity contribution in [2.24, 2.45) is 0 Å². The molecule has 198 valence electrons. The number of rotatable bonds is 10. The van der Waals surface area contributed by atoms with Gasteiger partial charge in [-0.15, -0.1) is 11.3 Å². The highest BCUT2D eigenvalue weighted by Gasteiger charge is 2.28. The number of ether oxygens (including phenoxy) is 1. The number of methoxy groups -OCH3 is 1. The summed E-state index contributed by atoms with van der Waals surface area (Å²) in [6.07, 6.45) is 0. The summed E-state index contributed by atoms with van der Waals surface area (Å²) in [7, 11) is -0.773. The molecule has 0 radical (unpaired) electrons. The van der Waals surface area contributed by atoms with E-state index in [4.69, 9.17) is 27.9 Å². The van der Waals surface area contributed by atoms with Gasteiger partial charge in [-0.25, -0.2) is 13.4 Å². The van der Waals surface area contributed by atoms with Crippen LogP contribution in [0, 0.1) is 0 Å². The van der Waals surface area contributed by atoms with E-state index in [2.05, 4.69) is 15.6 Å². The molecule has 0 spiro atoms. The van der Waals surface area contributed by atoms with E-state index in [9.17, 15) is 13.2 Å². The van der Waals surface area contributed by atoms with Crippen LogP contribution in [0.5, 0.6) is 5.75 Å². The summed E-state index contributed by atoms with van der Waals surface area (Å²) >= 11 is 13.8. The van der Waals surface area contributed by atoms with Gasteiger partial charge in [0.2, 0.25) is 15.9 Å². The maximum Gasteiger partial charge on any atom is 0.243 e. The molecule has 0 saturated heterocycles. The smallest absolute Gasteiger partial charge is 0.243 e. The molecule has 0 aliphatic carbocycles. The van der Waals surface area contributed by atoms with E-state index in [1.807, 2.05) is 11.4 Å². The Labute approximate surface area is 235 Å². The molecule has 0 saturated carbocycles. The summed E-state index contributed by atoms with van der Waals surface area (Å²) in [6, 6.07) is 18.0. The second-order valence-corrected chi connectivity index (χ2v) is 11.7. The third-order valence-electron chi connectivity index (χ3n) is 5.55. The number of benzene rings is 3. The SMILES string of the molecule is CNc1nc(-c2ccc(OC)c(NC(=O)CN(Cc3ccc(Cl)cc3Cl)S(=O)(=O)c3ccccc3)c2)cs1. The molecular weight excluding hydrogens is 567 g/mol. The second-order valence-electron chi connectivity index (χ2n) is 8.07. The summed E-state index contributed by atoms with van der Waals surface area (Å²) in [5, 5.41) is 9.15. The second kappa shape index (κ2) is 12.1.